The van der Waals surface area contributed by atoms with Crippen molar-refractivity contribution in [3.63, 3.8) is 0 Å². The summed E-state index contributed by atoms with van der Waals surface area (Å²) in [5, 5.41) is 0. The molecule has 0 amide bonds. The van der Waals surface area contributed by atoms with Gasteiger partial charge in [0.1, 0.15) is 0 Å². The summed E-state index contributed by atoms with van der Waals surface area (Å²) in [4.78, 5) is 13.2. The maximum Gasteiger partial charge on any atom is 0.461 e. The lowest BCUT2D eigenvalue weighted by Crippen LogP contribution is -2.41. The average molecular weight is 430 g/mol. The first kappa shape index (κ1) is 25.9. The van der Waals surface area contributed by atoms with Gasteiger partial charge < -0.3 is 14.0 Å². The van der Waals surface area contributed by atoms with Crippen molar-refractivity contribution in [3.8, 4) is 0 Å². The zero-order valence-electron chi connectivity index (χ0n) is 21.6. The molecule has 0 aromatic heterocycles. The van der Waals surface area contributed by atoms with Gasteiger partial charge in [-0.15, -0.1) is 0 Å². The van der Waals surface area contributed by atoms with Crippen LogP contribution in [0.5, 0.6) is 0 Å². The van der Waals surface area contributed by atoms with Crippen LogP contribution >= 0.6 is 0 Å². The zero-order valence-corrected chi connectivity index (χ0v) is 21.6. The maximum atomic E-state index is 13.2. The van der Waals surface area contributed by atoms with Gasteiger partial charge >= 0.3 is 13.1 Å². The number of hydrogen-bond donors (Lipinski definition) is 0. The molecule has 1 heterocycles. The summed E-state index contributed by atoms with van der Waals surface area (Å²) in [6.45, 7) is 23.6. The van der Waals surface area contributed by atoms with Gasteiger partial charge in [0.25, 0.3) is 0 Å². The molecule has 2 rings (SSSR count). The second-order valence-corrected chi connectivity index (χ2v) is 11.1. The SMILES string of the molecule is CC(C)c1cc(C(C)C)c(C(=O)OCC[C@H](C)B2OC(C)(C)C(C)(C)O2)c(C(C)C)c1. The van der Waals surface area contributed by atoms with Crippen molar-refractivity contribution in [3.05, 3.63) is 34.4 Å². The third-order valence-corrected chi connectivity index (χ3v) is 6.88. The lowest BCUT2D eigenvalue weighted by molar-refractivity contribution is 0.00578. The molecular weight excluding hydrogens is 387 g/mol. The van der Waals surface area contributed by atoms with Crippen LogP contribution in [0.1, 0.15) is 127 Å². The van der Waals surface area contributed by atoms with Crippen molar-refractivity contribution in [2.45, 2.75) is 117 Å². The highest BCUT2D eigenvalue weighted by atomic mass is 16.7. The van der Waals surface area contributed by atoms with E-state index in [4.69, 9.17) is 14.0 Å². The Bertz CT molecular complexity index is 735. The molecule has 1 aliphatic rings. The summed E-state index contributed by atoms with van der Waals surface area (Å²) in [6, 6.07) is 4.37. The van der Waals surface area contributed by atoms with E-state index in [2.05, 4.69) is 88.3 Å². The molecule has 0 spiro atoms. The van der Waals surface area contributed by atoms with Gasteiger partial charge in [-0.2, -0.15) is 0 Å². The number of esters is 1. The van der Waals surface area contributed by atoms with Crippen LogP contribution in [0.2, 0.25) is 5.82 Å². The van der Waals surface area contributed by atoms with Crippen LogP contribution in [0.25, 0.3) is 0 Å². The molecule has 1 fully saturated rings. The van der Waals surface area contributed by atoms with Crippen LogP contribution in [0.3, 0.4) is 0 Å². The van der Waals surface area contributed by atoms with Gasteiger partial charge in [-0.1, -0.05) is 60.6 Å². The Morgan fingerprint density at radius 1 is 0.871 bits per heavy atom. The van der Waals surface area contributed by atoms with Crippen molar-refractivity contribution in [2.75, 3.05) is 6.61 Å². The van der Waals surface area contributed by atoms with Gasteiger partial charge in [0, 0.05) is 0 Å². The quantitative estimate of drug-likeness (QED) is 0.326. The van der Waals surface area contributed by atoms with E-state index < -0.39 is 0 Å². The minimum absolute atomic E-state index is 0.131. The Kier molecular flexibility index (Phi) is 8.08. The number of rotatable bonds is 8. The van der Waals surface area contributed by atoms with Crippen LogP contribution in [0.4, 0.5) is 0 Å². The molecule has 174 valence electrons. The van der Waals surface area contributed by atoms with Gasteiger partial charge in [0.05, 0.1) is 23.4 Å². The van der Waals surface area contributed by atoms with Gasteiger partial charge in [-0.25, -0.2) is 4.79 Å². The molecule has 1 atom stereocenters. The summed E-state index contributed by atoms with van der Waals surface area (Å²) < 4.78 is 18.1. The number of hydrogen-bond acceptors (Lipinski definition) is 4. The van der Waals surface area contributed by atoms with Crippen LogP contribution in [-0.2, 0) is 14.0 Å². The fraction of sp³-hybridized carbons (Fsp3) is 0.731. The van der Waals surface area contributed by atoms with Gasteiger partial charge in [-0.3, -0.25) is 0 Å². The fourth-order valence-corrected chi connectivity index (χ4v) is 3.86. The molecule has 0 bridgehead atoms. The molecule has 1 aromatic rings. The van der Waals surface area contributed by atoms with Crippen LogP contribution in [-0.4, -0.2) is 30.9 Å². The van der Waals surface area contributed by atoms with Gasteiger partial charge in [0.15, 0.2) is 0 Å². The van der Waals surface area contributed by atoms with E-state index in [0.717, 1.165) is 16.7 Å². The topological polar surface area (TPSA) is 44.8 Å². The second kappa shape index (κ2) is 9.66. The Morgan fingerprint density at radius 2 is 1.32 bits per heavy atom. The molecule has 31 heavy (non-hydrogen) atoms. The highest BCUT2D eigenvalue weighted by Gasteiger charge is 2.52. The zero-order chi connectivity index (χ0) is 23.7. The molecule has 0 saturated carbocycles. The van der Waals surface area contributed by atoms with E-state index in [-0.39, 0.29) is 41.9 Å². The van der Waals surface area contributed by atoms with Crippen LogP contribution in [0, 0.1) is 0 Å². The third kappa shape index (κ3) is 5.73. The smallest absolute Gasteiger partial charge is 0.461 e. The molecule has 1 saturated heterocycles. The summed E-state index contributed by atoms with van der Waals surface area (Å²) in [7, 11) is -0.286. The highest BCUT2D eigenvalue weighted by molar-refractivity contribution is 6.47. The summed E-state index contributed by atoms with van der Waals surface area (Å²) in [5.41, 5.74) is 3.49. The predicted octanol–water partition coefficient (Wildman–Crippen LogP) is 7.09. The normalized spacial score (nSPS) is 18.8. The van der Waals surface area contributed by atoms with Crippen LogP contribution in [0.15, 0.2) is 12.1 Å². The van der Waals surface area contributed by atoms with Crippen molar-refractivity contribution < 1.29 is 18.8 Å². The van der Waals surface area contributed by atoms with Gasteiger partial charge in [0.2, 0.25) is 0 Å². The van der Waals surface area contributed by atoms with E-state index in [9.17, 15) is 4.79 Å². The van der Waals surface area contributed by atoms with E-state index in [0.29, 0.717) is 18.9 Å². The monoisotopic (exact) mass is 430 g/mol. The Balaban J connectivity index is 2.13. The Labute approximate surface area is 190 Å². The first-order chi connectivity index (χ1) is 14.2. The van der Waals surface area contributed by atoms with Crippen molar-refractivity contribution in [1.29, 1.82) is 0 Å². The molecular formula is C26H43BO4. The van der Waals surface area contributed by atoms with Crippen molar-refractivity contribution >= 4 is 13.1 Å². The molecule has 0 radical (unpaired) electrons. The maximum absolute atomic E-state index is 13.2. The van der Waals surface area contributed by atoms with Crippen molar-refractivity contribution in [1.82, 2.24) is 0 Å². The summed E-state index contributed by atoms with van der Waals surface area (Å²) >= 11 is 0. The second-order valence-electron chi connectivity index (χ2n) is 11.1. The lowest BCUT2D eigenvalue weighted by atomic mass is 9.71. The first-order valence-electron chi connectivity index (χ1n) is 11.9. The van der Waals surface area contributed by atoms with E-state index >= 15 is 0 Å². The largest absolute Gasteiger partial charge is 0.462 e. The highest BCUT2D eigenvalue weighted by Crippen LogP contribution is 2.40. The molecule has 0 aliphatic carbocycles. The Hall–Kier alpha value is -1.33. The average Bonchev–Trinajstić information content (AvgIpc) is 2.87. The van der Waals surface area contributed by atoms with E-state index in [1.54, 1.807) is 0 Å². The van der Waals surface area contributed by atoms with Crippen LogP contribution < -0.4 is 0 Å². The number of carbonyl (C=O) groups excluding carboxylic acids is 1. The molecule has 0 N–H and O–H groups in total. The number of benzene rings is 1. The minimum atomic E-state index is -0.348. The molecule has 0 unspecified atom stereocenters. The fourth-order valence-electron chi connectivity index (χ4n) is 3.86. The molecule has 4 nitrogen and oxygen atoms in total. The summed E-state index contributed by atoms with van der Waals surface area (Å²) in [6.07, 6.45) is 0.695. The van der Waals surface area contributed by atoms with Gasteiger partial charge in [-0.05, 0) is 74.4 Å². The third-order valence-electron chi connectivity index (χ3n) is 6.88. The van der Waals surface area contributed by atoms with E-state index in [1.807, 2.05) is 0 Å². The molecule has 5 heteroatoms. The number of carbonyl (C=O) groups is 1. The standard InChI is InChI=1S/C26H43BO4/c1-16(2)20-14-21(17(3)4)23(22(15-20)18(5)6)24(28)29-13-12-19(7)27-30-25(8,9)26(10,11)31-27/h14-19H,12-13H2,1-11H3/t19-/m0/s1. The van der Waals surface area contributed by atoms with E-state index in [1.165, 1.54) is 5.56 Å². The molecule has 1 aromatic carbocycles. The first-order valence-corrected chi connectivity index (χ1v) is 11.9. The number of ether oxygens (including phenoxy) is 1. The Morgan fingerprint density at radius 3 is 1.71 bits per heavy atom. The minimum Gasteiger partial charge on any atom is -0.462 e. The predicted molar refractivity (Wildman–Crippen MR) is 129 cm³/mol. The summed E-state index contributed by atoms with van der Waals surface area (Å²) in [5.74, 6) is 0.834. The van der Waals surface area contributed by atoms with Crippen molar-refractivity contribution in [2.24, 2.45) is 0 Å². The lowest BCUT2D eigenvalue weighted by Gasteiger charge is -2.32. The molecule has 1 aliphatic heterocycles.